The molecule has 0 unspecified atom stereocenters. The molecule has 1 aliphatic heterocycles. The van der Waals surface area contributed by atoms with E-state index in [1.807, 2.05) is 43.0 Å². The standard InChI is InChI=1S/C24H27N5O2/c1-17-8-9-21(18(2)14-17)27-23-22(29(30)31)24(26-16-25-23)28-12-10-20(11-13-28)15-19-6-4-3-5-7-19/h3-9,14,16,20H,10-13,15H2,1-2H3,(H,25,26,27). The number of hydrogen-bond donors (Lipinski definition) is 1. The third-order valence-corrected chi connectivity index (χ3v) is 5.90. The van der Waals surface area contributed by atoms with Crippen molar-refractivity contribution in [3.05, 3.63) is 81.7 Å². The molecule has 0 spiro atoms. The number of piperidine rings is 1. The van der Waals surface area contributed by atoms with Gasteiger partial charge in [0.15, 0.2) is 0 Å². The molecule has 2 aromatic carbocycles. The lowest BCUT2D eigenvalue weighted by atomic mass is 9.90. The van der Waals surface area contributed by atoms with Crippen molar-refractivity contribution in [1.29, 1.82) is 0 Å². The van der Waals surface area contributed by atoms with Gasteiger partial charge in [0.1, 0.15) is 6.33 Å². The maximum atomic E-state index is 12.0. The average molecular weight is 418 g/mol. The van der Waals surface area contributed by atoms with Gasteiger partial charge in [-0.15, -0.1) is 0 Å². The summed E-state index contributed by atoms with van der Waals surface area (Å²) < 4.78 is 0. The van der Waals surface area contributed by atoms with Crippen molar-refractivity contribution in [2.24, 2.45) is 5.92 Å². The van der Waals surface area contributed by atoms with Crippen LogP contribution in [0.4, 0.5) is 23.0 Å². The van der Waals surface area contributed by atoms with Crippen LogP contribution in [0.25, 0.3) is 0 Å². The van der Waals surface area contributed by atoms with Gasteiger partial charge in [-0.25, -0.2) is 9.97 Å². The Bertz CT molecular complexity index is 1060. The Morgan fingerprint density at radius 2 is 1.84 bits per heavy atom. The highest BCUT2D eigenvalue weighted by Gasteiger charge is 2.30. The molecule has 1 aromatic heterocycles. The molecule has 0 aliphatic carbocycles. The van der Waals surface area contributed by atoms with Crippen LogP contribution in [0.2, 0.25) is 0 Å². The number of nitrogens with one attached hydrogen (secondary N) is 1. The van der Waals surface area contributed by atoms with Crippen LogP contribution in [-0.2, 0) is 6.42 Å². The maximum Gasteiger partial charge on any atom is 0.353 e. The number of anilines is 3. The Morgan fingerprint density at radius 1 is 1.10 bits per heavy atom. The van der Waals surface area contributed by atoms with Crippen LogP contribution in [0.1, 0.15) is 29.5 Å². The molecule has 1 saturated heterocycles. The first-order chi connectivity index (χ1) is 15.0. The van der Waals surface area contributed by atoms with Gasteiger partial charge in [0.05, 0.1) is 4.92 Å². The van der Waals surface area contributed by atoms with Gasteiger partial charge >= 0.3 is 5.69 Å². The number of aryl methyl sites for hydroxylation is 2. The minimum absolute atomic E-state index is 0.0658. The van der Waals surface area contributed by atoms with Gasteiger partial charge in [-0.05, 0) is 56.2 Å². The fourth-order valence-electron chi connectivity index (χ4n) is 4.24. The maximum absolute atomic E-state index is 12.0. The van der Waals surface area contributed by atoms with Gasteiger partial charge in [0.2, 0.25) is 11.6 Å². The summed E-state index contributed by atoms with van der Waals surface area (Å²) in [4.78, 5) is 22.1. The minimum Gasteiger partial charge on any atom is -0.351 e. The van der Waals surface area contributed by atoms with Crippen LogP contribution in [0.5, 0.6) is 0 Å². The first-order valence-electron chi connectivity index (χ1n) is 10.6. The van der Waals surface area contributed by atoms with E-state index in [1.54, 1.807) is 0 Å². The zero-order chi connectivity index (χ0) is 21.8. The summed E-state index contributed by atoms with van der Waals surface area (Å²) >= 11 is 0. The van der Waals surface area contributed by atoms with Crippen LogP contribution in [-0.4, -0.2) is 28.0 Å². The summed E-state index contributed by atoms with van der Waals surface area (Å²) in [6, 6.07) is 16.4. The highest BCUT2D eigenvalue weighted by molar-refractivity contribution is 5.75. The number of hydrogen-bond acceptors (Lipinski definition) is 6. The van der Waals surface area contributed by atoms with E-state index in [1.165, 1.54) is 11.9 Å². The van der Waals surface area contributed by atoms with E-state index in [9.17, 15) is 10.1 Å². The van der Waals surface area contributed by atoms with Crippen LogP contribution in [0.3, 0.4) is 0 Å². The second-order valence-corrected chi connectivity index (χ2v) is 8.22. The predicted octanol–water partition coefficient (Wildman–Crippen LogP) is 5.20. The molecule has 0 amide bonds. The highest BCUT2D eigenvalue weighted by atomic mass is 16.6. The molecule has 1 N–H and O–H groups in total. The van der Waals surface area contributed by atoms with Crippen molar-refractivity contribution in [2.75, 3.05) is 23.3 Å². The van der Waals surface area contributed by atoms with Crippen molar-refractivity contribution in [1.82, 2.24) is 9.97 Å². The summed E-state index contributed by atoms with van der Waals surface area (Å²) in [6.45, 7) is 5.49. The molecule has 1 fully saturated rings. The normalized spacial score (nSPS) is 14.5. The average Bonchev–Trinajstić information content (AvgIpc) is 2.77. The Hall–Kier alpha value is -3.48. The summed E-state index contributed by atoms with van der Waals surface area (Å²) in [7, 11) is 0. The van der Waals surface area contributed by atoms with E-state index in [-0.39, 0.29) is 16.4 Å². The smallest absolute Gasteiger partial charge is 0.351 e. The lowest BCUT2D eigenvalue weighted by Gasteiger charge is -2.32. The summed E-state index contributed by atoms with van der Waals surface area (Å²) in [5.74, 6) is 1.20. The van der Waals surface area contributed by atoms with Crippen molar-refractivity contribution in [3.63, 3.8) is 0 Å². The van der Waals surface area contributed by atoms with Gasteiger partial charge in [-0.2, -0.15) is 0 Å². The van der Waals surface area contributed by atoms with E-state index in [4.69, 9.17) is 0 Å². The van der Waals surface area contributed by atoms with E-state index in [0.29, 0.717) is 11.7 Å². The molecular formula is C24H27N5O2. The second-order valence-electron chi connectivity index (χ2n) is 8.22. The summed E-state index contributed by atoms with van der Waals surface area (Å²) in [5, 5.41) is 15.1. The topological polar surface area (TPSA) is 84.2 Å². The van der Waals surface area contributed by atoms with Crippen molar-refractivity contribution < 1.29 is 4.92 Å². The molecule has 4 rings (SSSR count). The van der Waals surface area contributed by atoms with Crippen molar-refractivity contribution >= 4 is 23.0 Å². The fourth-order valence-corrected chi connectivity index (χ4v) is 4.24. The van der Waals surface area contributed by atoms with Crippen LogP contribution < -0.4 is 10.2 Å². The van der Waals surface area contributed by atoms with Gasteiger partial charge in [0.25, 0.3) is 0 Å². The van der Waals surface area contributed by atoms with Crippen LogP contribution in [0.15, 0.2) is 54.9 Å². The quantitative estimate of drug-likeness (QED) is 0.438. The summed E-state index contributed by atoms with van der Waals surface area (Å²) in [6.07, 6.45) is 4.41. The molecule has 7 nitrogen and oxygen atoms in total. The lowest BCUT2D eigenvalue weighted by molar-refractivity contribution is -0.383. The Labute approximate surface area is 182 Å². The van der Waals surface area contributed by atoms with E-state index in [2.05, 4.69) is 39.6 Å². The predicted molar refractivity (Wildman–Crippen MR) is 123 cm³/mol. The van der Waals surface area contributed by atoms with Crippen LogP contribution in [0, 0.1) is 29.9 Å². The Balaban J connectivity index is 1.52. The van der Waals surface area contributed by atoms with Gasteiger partial charge in [-0.1, -0.05) is 48.0 Å². The van der Waals surface area contributed by atoms with Crippen molar-refractivity contribution in [2.45, 2.75) is 33.1 Å². The van der Waals surface area contributed by atoms with Gasteiger partial charge < -0.3 is 10.2 Å². The van der Waals surface area contributed by atoms with Crippen LogP contribution >= 0.6 is 0 Å². The van der Waals surface area contributed by atoms with E-state index < -0.39 is 0 Å². The van der Waals surface area contributed by atoms with E-state index in [0.717, 1.165) is 49.2 Å². The number of nitrogens with zero attached hydrogens (tertiary/aromatic N) is 4. The molecule has 160 valence electrons. The summed E-state index contributed by atoms with van der Waals surface area (Å²) in [5.41, 5.74) is 4.23. The third-order valence-electron chi connectivity index (χ3n) is 5.90. The highest BCUT2D eigenvalue weighted by Crippen LogP contribution is 2.36. The SMILES string of the molecule is Cc1ccc(Nc2ncnc(N3CCC(Cc4ccccc4)CC3)c2[N+](=O)[O-])c(C)c1. The first kappa shape index (κ1) is 20.8. The van der Waals surface area contributed by atoms with Gasteiger partial charge in [-0.3, -0.25) is 10.1 Å². The molecule has 0 atom stereocenters. The molecule has 1 aliphatic rings. The molecule has 31 heavy (non-hydrogen) atoms. The molecule has 0 bridgehead atoms. The largest absolute Gasteiger partial charge is 0.353 e. The van der Waals surface area contributed by atoms with Gasteiger partial charge in [0, 0.05) is 18.8 Å². The minimum atomic E-state index is -0.378. The third kappa shape index (κ3) is 4.82. The van der Waals surface area contributed by atoms with Crippen molar-refractivity contribution in [3.8, 4) is 0 Å². The molecule has 0 radical (unpaired) electrons. The second kappa shape index (κ2) is 9.12. The Kier molecular flexibility index (Phi) is 6.11. The molecule has 0 saturated carbocycles. The number of nitro groups is 1. The number of benzene rings is 2. The Morgan fingerprint density at radius 3 is 2.52 bits per heavy atom. The number of aromatic nitrogens is 2. The molecule has 2 heterocycles. The zero-order valence-corrected chi connectivity index (χ0v) is 17.9. The van der Waals surface area contributed by atoms with E-state index >= 15 is 0 Å². The molecule has 3 aromatic rings. The molecular weight excluding hydrogens is 390 g/mol. The lowest BCUT2D eigenvalue weighted by Crippen LogP contribution is -2.35. The molecule has 7 heteroatoms. The monoisotopic (exact) mass is 417 g/mol. The zero-order valence-electron chi connectivity index (χ0n) is 17.9. The fraction of sp³-hybridized carbons (Fsp3) is 0.333. The number of rotatable bonds is 6. The first-order valence-corrected chi connectivity index (χ1v) is 10.6.